The summed E-state index contributed by atoms with van der Waals surface area (Å²) in [5, 5.41) is 2.58. The molecule has 2 aromatic rings. The highest BCUT2D eigenvalue weighted by Gasteiger charge is 2.15. The largest absolute Gasteiger partial charge is 0.467 e. The van der Waals surface area contributed by atoms with Crippen LogP contribution in [-0.4, -0.2) is 20.9 Å². The molecule has 0 spiro atoms. The van der Waals surface area contributed by atoms with Gasteiger partial charge in [-0.25, -0.2) is 13.1 Å². The highest BCUT2D eigenvalue weighted by Crippen LogP contribution is 2.13. The molecule has 23 heavy (non-hydrogen) atoms. The van der Waals surface area contributed by atoms with Crippen LogP contribution in [0.4, 0.5) is 0 Å². The molecule has 0 saturated carbocycles. The maximum atomic E-state index is 12.1. The van der Waals surface area contributed by atoms with Crippen molar-refractivity contribution in [2.75, 3.05) is 6.54 Å². The van der Waals surface area contributed by atoms with Crippen LogP contribution < -0.4 is 10.0 Å². The Labute approximate surface area is 135 Å². The van der Waals surface area contributed by atoms with E-state index < -0.39 is 15.9 Å². The standard InChI is InChI=1S/C16H20N2O4S/c1-12-5-6-14(13(2)8-12)11-23(20,21)18-10-16(19)17-9-15-4-3-7-22-15/h3-8,18H,9-11H2,1-2H3,(H,17,19). The van der Waals surface area contributed by atoms with Crippen molar-refractivity contribution < 1.29 is 17.6 Å². The Balaban J connectivity index is 1.84. The highest BCUT2D eigenvalue weighted by molar-refractivity contribution is 7.88. The second-order valence-electron chi connectivity index (χ2n) is 5.37. The molecule has 2 N–H and O–H groups in total. The minimum absolute atomic E-state index is 0.148. The summed E-state index contributed by atoms with van der Waals surface area (Å²) in [7, 11) is -3.57. The summed E-state index contributed by atoms with van der Waals surface area (Å²) >= 11 is 0. The fraction of sp³-hybridized carbons (Fsp3) is 0.312. The summed E-state index contributed by atoms with van der Waals surface area (Å²) in [6.45, 7) is 3.75. The second-order valence-corrected chi connectivity index (χ2v) is 7.17. The van der Waals surface area contributed by atoms with Crippen LogP contribution in [0.1, 0.15) is 22.5 Å². The Morgan fingerprint density at radius 3 is 2.65 bits per heavy atom. The molecule has 0 atom stereocenters. The molecule has 0 aliphatic carbocycles. The van der Waals surface area contributed by atoms with E-state index >= 15 is 0 Å². The fourth-order valence-electron chi connectivity index (χ4n) is 2.10. The van der Waals surface area contributed by atoms with E-state index in [4.69, 9.17) is 4.42 Å². The van der Waals surface area contributed by atoms with E-state index in [-0.39, 0.29) is 18.8 Å². The van der Waals surface area contributed by atoms with E-state index in [0.717, 1.165) is 16.7 Å². The van der Waals surface area contributed by atoms with Crippen molar-refractivity contribution >= 4 is 15.9 Å². The van der Waals surface area contributed by atoms with E-state index in [1.807, 2.05) is 26.0 Å². The van der Waals surface area contributed by atoms with Gasteiger partial charge in [0.15, 0.2) is 0 Å². The van der Waals surface area contributed by atoms with Gasteiger partial charge in [-0.05, 0) is 37.1 Å². The molecule has 1 aromatic heterocycles. The minimum atomic E-state index is -3.57. The maximum absolute atomic E-state index is 12.1. The summed E-state index contributed by atoms with van der Waals surface area (Å²) in [6, 6.07) is 9.04. The van der Waals surface area contributed by atoms with Crippen molar-refractivity contribution in [2.24, 2.45) is 0 Å². The SMILES string of the molecule is Cc1ccc(CS(=O)(=O)NCC(=O)NCc2ccco2)c(C)c1. The number of furan rings is 1. The van der Waals surface area contributed by atoms with E-state index in [1.165, 1.54) is 6.26 Å². The lowest BCUT2D eigenvalue weighted by molar-refractivity contribution is -0.120. The van der Waals surface area contributed by atoms with Crippen molar-refractivity contribution in [3.05, 3.63) is 59.0 Å². The molecule has 0 bridgehead atoms. The summed E-state index contributed by atoms with van der Waals surface area (Å²) in [5.74, 6) is 0.0481. The third-order valence-corrected chi connectivity index (χ3v) is 4.61. The van der Waals surface area contributed by atoms with Gasteiger partial charge in [0.1, 0.15) is 5.76 Å². The molecule has 0 radical (unpaired) electrons. The molecule has 1 heterocycles. The van der Waals surface area contributed by atoms with Crippen LogP contribution in [0.5, 0.6) is 0 Å². The number of amides is 1. The molecule has 0 unspecified atom stereocenters. The number of nitrogens with one attached hydrogen (secondary N) is 2. The lowest BCUT2D eigenvalue weighted by Gasteiger charge is -2.09. The number of carbonyl (C=O) groups is 1. The number of sulfonamides is 1. The Bertz CT molecular complexity index is 767. The topological polar surface area (TPSA) is 88.4 Å². The van der Waals surface area contributed by atoms with Crippen LogP contribution in [0, 0.1) is 13.8 Å². The third kappa shape index (κ3) is 5.54. The van der Waals surface area contributed by atoms with Crippen molar-refractivity contribution in [1.29, 1.82) is 0 Å². The Kier molecular flexibility index (Phi) is 5.57. The van der Waals surface area contributed by atoms with Gasteiger partial charge in [0.2, 0.25) is 15.9 Å². The molecule has 0 fully saturated rings. The average Bonchev–Trinajstić information content (AvgIpc) is 2.99. The van der Waals surface area contributed by atoms with E-state index in [0.29, 0.717) is 5.76 Å². The quantitative estimate of drug-likeness (QED) is 0.804. The van der Waals surface area contributed by atoms with Gasteiger partial charge in [-0.3, -0.25) is 4.79 Å². The summed E-state index contributed by atoms with van der Waals surface area (Å²) in [5.41, 5.74) is 2.71. The van der Waals surface area contributed by atoms with Gasteiger partial charge >= 0.3 is 0 Å². The molecule has 0 saturated heterocycles. The van der Waals surface area contributed by atoms with Crippen LogP contribution in [0.3, 0.4) is 0 Å². The van der Waals surface area contributed by atoms with Gasteiger partial charge in [0.05, 0.1) is 25.1 Å². The van der Waals surface area contributed by atoms with Crippen molar-refractivity contribution in [1.82, 2.24) is 10.0 Å². The predicted octanol–water partition coefficient (Wildman–Crippen LogP) is 1.63. The molecule has 0 aliphatic rings. The van der Waals surface area contributed by atoms with Crippen LogP contribution in [0.15, 0.2) is 41.0 Å². The first-order valence-electron chi connectivity index (χ1n) is 7.18. The molecule has 0 aliphatic heterocycles. The van der Waals surface area contributed by atoms with Gasteiger partial charge in [0, 0.05) is 0 Å². The van der Waals surface area contributed by atoms with Crippen LogP contribution in [0.25, 0.3) is 0 Å². The molecular formula is C16H20N2O4S. The Morgan fingerprint density at radius 1 is 1.22 bits per heavy atom. The van der Waals surface area contributed by atoms with Crippen LogP contribution in [-0.2, 0) is 27.1 Å². The number of carbonyl (C=O) groups excluding carboxylic acids is 1. The number of rotatable bonds is 7. The van der Waals surface area contributed by atoms with Gasteiger partial charge in [-0.1, -0.05) is 23.8 Å². The number of aryl methyl sites for hydroxylation is 2. The highest BCUT2D eigenvalue weighted by atomic mass is 32.2. The van der Waals surface area contributed by atoms with E-state index in [9.17, 15) is 13.2 Å². The lowest BCUT2D eigenvalue weighted by Crippen LogP contribution is -2.37. The first-order chi connectivity index (χ1) is 10.9. The summed E-state index contributed by atoms with van der Waals surface area (Å²) in [6.07, 6.45) is 1.51. The van der Waals surface area contributed by atoms with Crippen molar-refractivity contribution in [3.8, 4) is 0 Å². The molecule has 6 nitrogen and oxygen atoms in total. The molecule has 7 heteroatoms. The Morgan fingerprint density at radius 2 is 2.00 bits per heavy atom. The zero-order valence-corrected chi connectivity index (χ0v) is 13.9. The summed E-state index contributed by atoms with van der Waals surface area (Å²) < 4.78 is 31.5. The third-order valence-electron chi connectivity index (χ3n) is 3.34. The number of hydrogen-bond acceptors (Lipinski definition) is 4. The molecule has 2 rings (SSSR count). The summed E-state index contributed by atoms with van der Waals surface area (Å²) in [4.78, 5) is 11.7. The maximum Gasteiger partial charge on any atom is 0.235 e. The first-order valence-corrected chi connectivity index (χ1v) is 8.83. The van der Waals surface area contributed by atoms with Crippen LogP contribution in [0.2, 0.25) is 0 Å². The molecular weight excluding hydrogens is 316 g/mol. The Hall–Kier alpha value is -2.12. The molecule has 124 valence electrons. The van der Waals surface area contributed by atoms with Crippen molar-refractivity contribution in [3.63, 3.8) is 0 Å². The lowest BCUT2D eigenvalue weighted by atomic mass is 10.1. The van der Waals surface area contributed by atoms with Crippen LogP contribution >= 0.6 is 0 Å². The van der Waals surface area contributed by atoms with Gasteiger partial charge in [-0.15, -0.1) is 0 Å². The smallest absolute Gasteiger partial charge is 0.235 e. The zero-order valence-electron chi connectivity index (χ0n) is 13.1. The predicted molar refractivity (Wildman–Crippen MR) is 87.1 cm³/mol. The average molecular weight is 336 g/mol. The molecule has 1 amide bonds. The van der Waals surface area contributed by atoms with Crippen molar-refractivity contribution in [2.45, 2.75) is 26.1 Å². The van der Waals surface area contributed by atoms with Gasteiger partial charge < -0.3 is 9.73 Å². The normalized spacial score (nSPS) is 11.4. The fourth-order valence-corrected chi connectivity index (χ4v) is 3.29. The number of benzene rings is 1. The van der Waals surface area contributed by atoms with Gasteiger partial charge in [-0.2, -0.15) is 0 Å². The molecule has 1 aromatic carbocycles. The number of hydrogen-bond donors (Lipinski definition) is 2. The van der Waals surface area contributed by atoms with E-state index in [1.54, 1.807) is 18.2 Å². The first kappa shape index (κ1) is 17.2. The van der Waals surface area contributed by atoms with E-state index in [2.05, 4.69) is 10.0 Å². The minimum Gasteiger partial charge on any atom is -0.467 e. The zero-order chi connectivity index (χ0) is 16.9. The second kappa shape index (κ2) is 7.43. The monoisotopic (exact) mass is 336 g/mol. The van der Waals surface area contributed by atoms with Gasteiger partial charge in [0.25, 0.3) is 0 Å².